The van der Waals surface area contributed by atoms with E-state index in [4.69, 9.17) is 10.5 Å². The van der Waals surface area contributed by atoms with Crippen LogP contribution < -0.4 is 5.73 Å². The fourth-order valence-electron chi connectivity index (χ4n) is 1.86. The number of aromatic nitrogens is 1. The molecule has 0 saturated carbocycles. The summed E-state index contributed by atoms with van der Waals surface area (Å²) in [5.41, 5.74) is 6.99. The molecule has 1 unspecified atom stereocenters. The number of hydrogen-bond donors (Lipinski definition) is 1. The number of likely N-dealkylation sites (N-methyl/N-ethyl adjacent to an activating group) is 1. The summed E-state index contributed by atoms with van der Waals surface area (Å²) >= 11 is 0. The molecule has 1 aromatic rings. The lowest BCUT2D eigenvalue weighted by Gasteiger charge is -2.24. The fraction of sp³-hybridized carbons (Fsp3) is 0.571. The highest BCUT2D eigenvalue weighted by molar-refractivity contribution is 5.81. The van der Waals surface area contributed by atoms with Crippen molar-refractivity contribution in [3.05, 3.63) is 30.1 Å². The Morgan fingerprint density at radius 2 is 2.16 bits per heavy atom. The van der Waals surface area contributed by atoms with E-state index in [1.165, 1.54) is 0 Å². The minimum atomic E-state index is -0.447. The van der Waals surface area contributed by atoms with Gasteiger partial charge in [0.15, 0.2) is 0 Å². The van der Waals surface area contributed by atoms with E-state index in [2.05, 4.69) is 4.98 Å². The van der Waals surface area contributed by atoms with Crippen molar-refractivity contribution in [2.45, 2.75) is 32.4 Å². The average Bonchev–Trinajstić information content (AvgIpc) is 2.45. The zero-order valence-corrected chi connectivity index (χ0v) is 11.7. The van der Waals surface area contributed by atoms with Crippen LogP contribution in [0.4, 0.5) is 0 Å². The zero-order chi connectivity index (χ0) is 14.1. The van der Waals surface area contributed by atoms with E-state index >= 15 is 0 Å². The Hall–Kier alpha value is -1.46. The number of carbonyl (C=O) groups excluding carboxylic acids is 1. The molecule has 0 bridgehead atoms. The normalized spacial score (nSPS) is 12.2. The monoisotopic (exact) mass is 265 g/mol. The maximum atomic E-state index is 12.2. The molecule has 2 N–H and O–H groups in total. The summed E-state index contributed by atoms with van der Waals surface area (Å²) in [4.78, 5) is 18.0. The van der Waals surface area contributed by atoms with Crippen LogP contribution in [0.5, 0.6) is 0 Å². The average molecular weight is 265 g/mol. The van der Waals surface area contributed by atoms with Crippen LogP contribution in [-0.2, 0) is 16.1 Å². The molecule has 0 aliphatic carbocycles. The highest BCUT2D eigenvalue weighted by Gasteiger charge is 2.19. The van der Waals surface area contributed by atoms with Crippen LogP contribution in [0.2, 0.25) is 0 Å². The van der Waals surface area contributed by atoms with Gasteiger partial charge in [0, 0.05) is 39.2 Å². The molecule has 5 heteroatoms. The molecule has 1 amide bonds. The summed E-state index contributed by atoms with van der Waals surface area (Å²) in [6, 6.07) is 3.37. The lowest BCUT2D eigenvalue weighted by atomic mass is 10.1. The molecule has 5 nitrogen and oxygen atoms in total. The van der Waals surface area contributed by atoms with Gasteiger partial charge in [-0.3, -0.25) is 9.78 Å². The number of pyridine rings is 1. The number of ether oxygens (including phenoxy) is 1. The van der Waals surface area contributed by atoms with Crippen molar-refractivity contribution in [3.63, 3.8) is 0 Å². The summed E-state index contributed by atoms with van der Waals surface area (Å²) in [5, 5.41) is 0. The quantitative estimate of drug-likeness (QED) is 0.717. The van der Waals surface area contributed by atoms with E-state index in [0.717, 1.165) is 12.0 Å². The number of carbonyl (C=O) groups is 1. The number of amides is 1. The minimum Gasteiger partial charge on any atom is -0.385 e. The van der Waals surface area contributed by atoms with Gasteiger partial charge in [-0.2, -0.15) is 0 Å². The van der Waals surface area contributed by atoms with Crippen LogP contribution in [0.1, 0.15) is 25.3 Å². The van der Waals surface area contributed by atoms with Crippen LogP contribution in [0.25, 0.3) is 0 Å². The third-order valence-corrected chi connectivity index (χ3v) is 3.00. The van der Waals surface area contributed by atoms with Gasteiger partial charge in [0.1, 0.15) is 0 Å². The molecule has 0 aromatic carbocycles. The van der Waals surface area contributed by atoms with Crippen molar-refractivity contribution in [1.82, 2.24) is 9.88 Å². The molecule has 0 spiro atoms. The lowest BCUT2D eigenvalue weighted by molar-refractivity contribution is -0.133. The van der Waals surface area contributed by atoms with Gasteiger partial charge in [0.25, 0.3) is 0 Å². The molecule has 106 valence electrons. The van der Waals surface area contributed by atoms with E-state index in [9.17, 15) is 4.79 Å². The number of nitrogens with zero attached hydrogens (tertiary/aromatic N) is 2. The van der Waals surface area contributed by atoms with Gasteiger partial charge >= 0.3 is 0 Å². The molecule has 0 fully saturated rings. The van der Waals surface area contributed by atoms with Crippen molar-refractivity contribution >= 4 is 5.91 Å². The van der Waals surface area contributed by atoms with Gasteiger partial charge in [0.2, 0.25) is 5.91 Å². The van der Waals surface area contributed by atoms with Crippen LogP contribution in [0.3, 0.4) is 0 Å². The molecule has 1 aromatic heterocycles. The fourth-order valence-corrected chi connectivity index (χ4v) is 1.86. The highest BCUT2D eigenvalue weighted by atomic mass is 16.5. The first kappa shape index (κ1) is 15.6. The Kier molecular flexibility index (Phi) is 7.07. The second kappa shape index (κ2) is 8.61. The summed E-state index contributed by atoms with van der Waals surface area (Å²) in [6.45, 7) is 3.83. The van der Waals surface area contributed by atoms with Crippen molar-refractivity contribution in [2.75, 3.05) is 20.3 Å². The Morgan fingerprint density at radius 1 is 1.47 bits per heavy atom. The molecule has 0 aliphatic rings. The largest absolute Gasteiger partial charge is 0.385 e. The third kappa shape index (κ3) is 5.36. The van der Waals surface area contributed by atoms with Crippen LogP contribution in [0, 0.1) is 0 Å². The molecule has 0 aliphatic heterocycles. The first-order valence-corrected chi connectivity index (χ1v) is 6.61. The number of hydrogen-bond acceptors (Lipinski definition) is 4. The van der Waals surface area contributed by atoms with Gasteiger partial charge in [-0.05, 0) is 37.5 Å². The SMILES string of the molecule is CCN(Cc1ccncc1)C(=O)C(N)CCCOC. The van der Waals surface area contributed by atoms with Crippen molar-refractivity contribution in [1.29, 1.82) is 0 Å². The summed E-state index contributed by atoms with van der Waals surface area (Å²) in [6.07, 6.45) is 4.91. The Labute approximate surface area is 114 Å². The smallest absolute Gasteiger partial charge is 0.239 e. The molecular weight excluding hydrogens is 242 g/mol. The highest BCUT2D eigenvalue weighted by Crippen LogP contribution is 2.07. The minimum absolute atomic E-state index is 0.00425. The maximum absolute atomic E-state index is 12.2. The maximum Gasteiger partial charge on any atom is 0.239 e. The number of rotatable bonds is 8. The summed E-state index contributed by atoms with van der Waals surface area (Å²) in [5.74, 6) is -0.00425. The van der Waals surface area contributed by atoms with E-state index in [1.54, 1.807) is 24.4 Å². The zero-order valence-electron chi connectivity index (χ0n) is 11.7. The molecule has 0 radical (unpaired) electrons. The molecule has 1 heterocycles. The molecule has 1 rings (SSSR count). The van der Waals surface area contributed by atoms with E-state index in [1.807, 2.05) is 19.1 Å². The second-order valence-corrected chi connectivity index (χ2v) is 4.45. The van der Waals surface area contributed by atoms with Crippen LogP contribution >= 0.6 is 0 Å². The van der Waals surface area contributed by atoms with Crippen LogP contribution in [-0.4, -0.2) is 42.1 Å². The second-order valence-electron chi connectivity index (χ2n) is 4.45. The first-order valence-electron chi connectivity index (χ1n) is 6.61. The Morgan fingerprint density at radius 3 is 2.74 bits per heavy atom. The summed E-state index contributed by atoms with van der Waals surface area (Å²) < 4.78 is 4.97. The molecule has 0 saturated heterocycles. The predicted molar refractivity (Wildman–Crippen MR) is 74.4 cm³/mol. The Balaban J connectivity index is 2.51. The van der Waals surface area contributed by atoms with Gasteiger partial charge < -0.3 is 15.4 Å². The number of nitrogens with two attached hydrogens (primary N) is 1. The standard InChI is InChI=1S/C14H23N3O2/c1-3-17(11-12-6-8-16-9-7-12)14(18)13(15)5-4-10-19-2/h6-9,13H,3-5,10-11,15H2,1-2H3. The van der Waals surface area contributed by atoms with Gasteiger partial charge in [0.05, 0.1) is 6.04 Å². The van der Waals surface area contributed by atoms with Crippen LogP contribution in [0.15, 0.2) is 24.5 Å². The molecule has 1 atom stereocenters. The van der Waals surface area contributed by atoms with Crippen molar-refractivity contribution in [3.8, 4) is 0 Å². The van der Waals surface area contributed by atoms with Crippen molar-refractivity contribution in [2.24, 2.45) is 5.73 Å². The van der Waals surface area contributed by atoms with Crippen molar-refractivity contribution < 1.29 is 9.53 Å². The number of methoxy groups -OCH3 is 1. The first-order chi connectivity index (χ1) is 9.19. The molecular formula is C14H23N3O2. The Bertz CT molecular complexity index is 370. The van der Waals surface area contributed by atoms with E-state index < -0.39 is 6.04 Å². The lowest BCUT2D eigenvalue weighted by Crippen LogP contribution is -2.43. The van der Waals surface area contributed by atoms with E-state index in [-0.39, 0.29) is 5.91 Å². The topological polar surface area (TPSA) is 68.5 Å². The van der Waals surface area contributed by atoms with Gasteiger partial charge in [-0.1, -0.05) is 0 Å². The molecule has 19 heavy (non-hydrogen) atoms. The summed E-state index contributed by atoms with van der Waals surface area (Å²) in [7, 11) is 1.65. The van der Waals surface area contributed by atoms with Gasteiger partial charge in [-0.25, -0.2) is 0 Å². The predicted octanol–water partition coefficient (Wildman–Crippen LogP) is 1.18. The van der Waals surface area contributed by atoms with Gasteiger partial charge in [-0.15, -0.1) is 0 Å². The third-order valence-electron chi connectivity index (χ3n) is 3.00. The van der Waals surface area contributed by atoms with E-state index in [0.29, 0.717) is 26.1 Å².